The van der Waals surface area contributed by atoms with Crippen LogP contribution >= 0.6 is 0 Å². The van der Waals surface area contributed by atoms with E-state index in [1.807, 2.05) is 42.5 Å². The number of anilines is 3. The van der Waals surface area contributed by atoms with Gasteiger partial charge in [0.15, 0.2) is 0 Å². The summed E-state index contributed by atoms with van der Waals surface area (Å²) in [5.74, 6) is 0.0493. The fourth-order valence-corrected chi connectivity index (χ4v) is 3.30. The molecule has 24 heavy (non-hydrogen) atoms. The molecule has 2 aliphatic heterocycles. The summed E-state index contributed by atoms with van der Waals surface area (Å²) in [7, 11) is 0. The van der Waals surface area contributed by atoms with Crippen molar-refractivity contribution in [3.8, 4) is 0 Å². The lowest BCUT2D eigenvalue weighted by Gasteiger charge is -2.16. The Bertz CT molecular complexity index is 799. The van der Waals surface area contributed by atoms with Crippen LogP contribution in [0, 0.1) is 0 Å². The Balaban J connectivity index is 1.47. The van der Waals surface area contributed by atoms with Crippen LogP contribution in [0.5, 0.6) is 0 Å². The van der Waals surface area contributed by atoms with Crippen LogP contribution < -0.4 is 15.5 Å². The van der Waals surface area contributed by atoms with Crippen molar-refractivity contribution in [2.24, 2.45) is 0 Å². The zero-order valence-corrected chi connectivity index (χ0v) is 13.3. The van der Waals surface area contributed by atoms with E-state index in [1.165, 1.54) is 5.56 Å². The van der Waals surface area contributed by atoms with E-state index in [4.69, 9.17) is 0 Å². The number of nitrogens with one attached hydrogen (secondary N) is 2. The van der Waals surface area contributed by atoms with E-state index in [9.17, 15) is 9.59 Å². The molecule has 0 aromatic heterocycles. The normalized spacial score (nSPS) is 16.0. The minimum absolute atomic E-state index is 0.116. The number of carbonyl (C=O) groups is 2. The summed E-state index contributed by atoms with van der Waals surface area (Å²) in [5, 5.41) is 6.20. The van der Waals surface area contributed by atoms with Gasteiger partial charge in [0.2, 0.25) is 5.91 Å². The van der Waals surface area contributed by atoms with Crippen molar-refractivity contribution in [1.82, 2.24) is 0 Å². The maximum absolute atomic E-state index is 12.4. The summed E-state index contributed by atoms with van der Waals surface area (Å²) in [6.07, 6.45) is 2.48. The average Bonchev–Trinajstić information content (AvgIpc) is 3.23. The molecule has 2 heterocycles. The molecular weight excluding hydrogens is 302 g/mol. The predicted octanol–water partition coefficient (Wildman–Crippen LogP) is 3.03. The van der Waals surface area contributed by atoms with E-state index < -0.39 is 0 Å². The first kappa shape index (κ1) is 14.8. The Labute approximate surface area is 140 Å². The molecule has 2 amide bonds. The Hall–Kier alpha value is -2.82. The third-order valence-corrected chi connectivity index (χ3v) is 4.59. The van der Waals surface area contributed by atoms with Crippen molar-refractivity contribution in [1.29, 1.82) is 0 Å². The highest BCUT2D eigenvalue weighted by atomic mass is 16.2. The van der Waals surface area contributed by atoms with Gasteiger partial charge < -0.3 is 15.5 Å². The second-order valence-corrected chi connectivity index (χ2v) is 6.20. The zero-order chi connectivity index (χ0) is 16.5. The van der Waals surface area contributed by atoms with Crippen molar-refractivity contribution in [2.45, 2.75) is 19.3 Å². The number of benzene rings is 2. The number of fused-ring (bicyclic) bond motifs is 1. The second kappa shape index (κ2) is 6.00. The van der Waals surface area contributed by atoms with Crippen molar-refractivity contribution in [3.63, 3.8) is 0 Å². The number of nitrogens with zero attached hydrogens (tertiary/aromatic N) is 1. The average molecular weight is 321 g/mol. The third kappa shape index (κ3) is 2.73. The summed E-state index contributed by atoms with van der Waals surface area (Å²) in [5.41, 5.74) is 4.58. The van der Waals surface area contributed by atoms with Crippen LogP contribution in [-0.2, 0) is 11.2 Å². The number of rotatable bonds is 3. The molecule has 2 aliphatic rings. The second-order valence-electron chi connectivity index (χ2n) is 6.20. The topological polar surface area (TPSA) is 61.4 Å². The summed E-state index contributed by atoms with van der Waals surface area (Å²) in [6.45, 7) is 1.70. The monoisotopic (exact) mass is 321 g/mol. The van der Waals surface area contributed by atoms with Gasteiger partial charge in [-0.1, -0.05) is 0 Å². The number of hydrogen-bond acceptors (Lipinski definition) is 3. The molecule has 0 saturated carbocycles. The molecule has 2 aromatic rings. The summed E-state index contributed by atoms with van der Waals surface area (Å²) < 4.78 is 0. The van der Waals surface area contributed by atoms with E-state index in [0.717, 1.165) is 43.0 Å². The maximum Gasteiger partial charge on any atom is 0.255 e. The van der Waals surface area contributed by atoms with Gasteiger partial charge in [0.1, 0.15) is 0 Å². The molecule has 0 aliphatic carbocycles. The molecule has 5 nitrogen and oxygen atoms in total. The fourth-order valence-electron chi connectivity index (χ4n) is 3.30. The minimum Gasteiger partial charge on any atom is -0.384 e. The number of amides is 2. The van der Waals surface area contributed by atoms with Crippen molar-refractivity contribution >= 4 is 28.9 Å². The lowest BCUT2D eigenvalue weighted by molar-refractivity contribution is -0.117. The van der Waals surface area contributed by atoms with Crippen molar-refractivity contribution in [3.05, 3.63) is 53.6 Å². The van der Waals surface area contributed by atoms with Crippen LogP contribution in [0.3, 0.4) is 0 Å². The Morgan fingerprint density at radius 3 is 2.67 bits per heavy atom. The van der Waals surface area contributed by atoms with Gasteiger partial charge >= 0.3 is 0 Å². The van der Waals surface area contributed by atoms with Gasteiger partial charge in [-0.25, -0.2) is 0 Å². The maximum atomic E-state index is 12.4. The lowest BCUT2D eigenvalue weighted by atomic mass is 10.1. The summed E-state index contributed by atoms with van der Waals surface area (Å²) in [4.78, 5) is 26.0. The van der Waals surface area contributed by atoms with Gasteiger partial charge in [-0.2, -0.15) is 0 Å². The first-order valence-corrected chi connectivity index (χ1v) is 8.29. The fraction of sp³-hybridized carbons (Fsp3) is 0.263. The Kier molecular flexibility index (Phi) is 3.69. The molecule has 0 spiro atoms. The largest absolute Gasteiger partial charge is 0.384 e. The molecule has 0 radical (unpaired) electrons. The Morgan fingerprint density at radius 2 is 1.92 bits per heavy atom. The van der Waals surface area contributed by atoms with E-state index in [1.54, 1.807) is 4.90 Å². The molecule has 0 unspecified atom stereocenters. The van der Waals surface area contributed by atoms with Gasteiger partial charge in [0, 0.05) is 42.1 Å². The number of carbonyl (C=O) groups excluding carboxylic acids is 2. The number of hydrogen-bond donors (Lipinski definition) is 2. The van der Waals surface area contributed by atoms with Gasteiger partial charge in [-0.15, -0.1) is 0 Å². The minimum atomic E-state index is -0.116. The molecule has 0 atom stereocenters. The molecule has 1 saturated heterocycles. The van der Waals surface area contributed by atoms with Gasteiger partial charge in [-0.05, 0) is 60.9 Å². The summed E-state index contributed by atoms with van der Waals surface area (Å²) >= 11 is 0. The zero-order valence-electron chi connectivity index (χ0n) is 13.3. The van der Waals surface area contributed by atoms with Crippen LogP contribution in [0.1, 0.15) is 28.8 Å². The molecule has 0 bridgehead atoms. The quantitative estimate of drug-likeness (QED) is 0.913. The van der Waals surface area contributed by atoms with Crippen molar-refractivity contribution < 1.29 is 9.59 Å². The van der Waals surface area contributed by atoms with Gasteiger partial charge in [0.05, 0.1) is 0 Å². The predicted molar refractivity (Wildman–Crippen MR) is 94.6 cm³/mol. The lowest BCUT2D eigenvalue weighted by Crippen LogP contribution is -2.23. The van der Waals surface area contributed by atoms with Crippen LogP contribution in [0.4, 0.5) is 17.1 Å². The molecule has 122 valence electrons. The molecular formula is C19H19N3O2. The first-order valence-electron chi connectivity index (χ1n) is 8.29. The highest BCUT2D eigenvalue weighted by Gasteiger charge is 2.21. The van der Waals surface area contributed by atoms with E-state index >= 15 is 0 Å². The molecule has 4 rings (SSSR count). The molecule has 1 fully saturated rings. The summed E-state index contributed by atoms with van der Waals surface area (Å²) in [6, 6.07) is 13.2. The van der Waals surface area contributed by atoms with E-state index in [0.29, 0.717) is 12.0 Å². The highest BCUT2D eigenvalue weighted by molar-refractivity contribution is 6.05. The first-order chi connectivity index (χ1) is 11.7. The van der Waals surface area contributed by atoms with Gasteiger partial charge in [0.25, 0.3) is 5.91 Å². The van der Waals surface area contributed by atoms with E-state index in [2.05, 4.69) is 10.6 Å². The Morgan fingerprint density at radius 1 is 1.08 bits per heavy atom. The van der Waals surface area contributed by atoms with Gasteiger partial charge in [-0.3, -0.25) is 9.59 Å². The van der Waals surface area contributed by atoms with Crippen LogP contribution in [0.25, 0.3) is 0 Å². The standard InChI is InChI=1S/C19H19N3O2/c23-18-2-1-11-22(18)16-6-4-15(5-7-16)21-19(24)14-3-8-17-13(12-14)9-10-20-17/h3-8,12,20H,1-2,9-11H2,(H,21,24). The van der Waals surface area contributed by atoms with Crippen LogP contribution in [0.15, 0.2) is 42.5 Å². The molecule has 2 N–H and O–H groups in total. The molecule has 2 aromatic carbocycles. The smallest absolute Gasteiger partial charge is 0.255 e. The van der Waals surface area contributed by atoms with Crippen LogP contribution in [-0.4, -0.2) is 24.9 Å². The van der Waals surface area contributed by atoms with E-state index in [-0.39, 0.29) is 11.8 Å². The van der Waals surface area contributed by atoms with Crippen molar-refractivity contribution in [2.75, 3.05) is 28.6 Å². The third-order valence-electron chi connectivity index (χ3n) is 4.59. The highest BCUT2D eigenvalue weighted by Crippen LogP contribution is 2.25. The van der Waals surface area contributed by atoms with Crippen LogP contribution in [0.2, 0.25) is 0 Å². The molecule has 5 heteroatoms. The SMILES string of the molecule is O=C(Nc1ccc(N2CCCC2=O)cc1)c1ccc2c(c1)CCN2.